The number of aromatic amines is 1. The number of benzene rings is 3. The van der Waals surface area contributed by atoms with Crippen molar-refractivity contribution in [2.75, 3.05) is 13.3 Å². The number of carbonyl (C=O) groups is 1. The normalized spacial score (nSPS) is 13.2. The molecule has 0 saturated carbocycles. The topological polar surface area (TPSA) is 114 Å². The number of H-pyrrole nitrogens is 1. The first-order valence-corrected chi connectivity index (χ1v) is 12.0. The van der Waals surface area contributed by atoms with Crippen molar-refractivity contribution in [3.63, 3.8) is 0 Å². The van der Waals surface area contributed by atoms with Gasteiger partial charge in [0.1, 0.15) is 11.3 Å². The summed E-state index contributed by atoms with van der Waals surface area (Å²) in [4.78, 5) is 29.8. The lowest BCUT2D eigenvalue weighted by Crippen LogP contribution is -2.28. The van der Waals surface area contributed by atoms with E-state index in [0.29, 0.717) is 41.0 Å². The molecule has 5 aromatic rings. The largest absolute Gasteiger partial charge is 0.508 e. The minimum Gasteiger partial charge on any atom is -0.508 e. The average Bonchev–Trinajstić information content (AvgIpc) is 3.54. The fourth-order valence-corrected chi connectivity index (χ4v) is 4.88. The Morgan fingerprint density at radius 2 is 1.76 bits per heavy atom. The van der Waals surface area contributed by atoms with Crippen LogP contribution in [0.4, 0.5) is 0 Å². The molecule has 3 N–H and O–H groups in total. The average molecular weight is 497 g/mol. The van der Waals surface area contributed by atoms with Crippen LogP contribution in [-0.4, -0.2) is 29.3 Å². The molecule has 0 saturated heterocycles. The smallest absolute Gasteiger partial charge is 0.231 e. The Morgan fingerprint density at radius 1 is 1.00 bits per heavy atom. The number of aromatic hydroxyl groups is 1. The van der Waals surface area contributed by atoms with Crippen LogP contribution >= 0.6 is 0 Å². The highest BCUT2D eigenvalue weighted by Gasteiger charge is 2.28. The van der Waals surface area contributed by atoms with Crippen molar-refractivity contribution in [1.29, 1.82) is 0 Å². The predicted molar refractivity (Wildman–Crippen MR) is 138 cm³/mol. The molecule has 3 aromatic carbocycles. The third-order valence-electron chi connectivity index (χ3n) is 6.76. The number of para-hydroxylation sites is 2. The number of hydrogen-bond donors (Lipinski definition) is 3. The molecule has 8 heteroatoms. The molecule has 0 aliphatic carbocycles. The molecule has 1 unspecified atom stereocenters. The van der Waals surface area contributed by atoms with Gasteiger partial charge in [-0.25, -0.2) is 0 Å². The van der Waals surface area contributed by atoms with Gasteiger partial charge in [-0.2, -0.15) is 0 Å². The van der Waals surface area contributed by atoms with Gasteiger partial charge in [-0.3, -0.25) is 9.59 Å². The summed E-state index contributed by atoms with van der Waals surface area (Å²) in [5.74, 6) is -0.247. The predicted octanol–water partition coefficient (Wildman–Crippen LogP) is 4.59. The van der Waals surface area contributed by atoms with Gasteiger partial charge in [-0.05, 0) is 36.2 Å². The van der Waals surface area contributed by atoms with Crippen LogP contribution in [0.5, 0.6) is 17.2 Å². The Labute approximate surface area is 211 Å². The maximum atomic E-state index is 13.4. The van der Waals surface area contributed by atoms with E-state index in [1.165, 1.54) is 12.3 Å². The molecular weight excluding hydrogens is 472 g/mol. The monoisotopic (exact) mass is 496 g/mol. The second kappa shape index (κ2) is 9.39. The molecule has 3 heterocycles. The summed E-state index contributed by atoms with van der Waals surface area (Å²) >= 11 is 0. The van der Waals surface area contributed by atoms with Gasteiger partial charge in [-0.15, -0.1) is 0 Å². The molecule has 1 aliphatic rings. The van der Waals surface area contributed by atoms with Crippen LogP contribution in [0.3, 0.4) is 0 Å². The highest BCUT2D eigenvalue weighted by atomic mass is 16.7. The van der Waals surface area contributed by atoms with Crippen LogP contribution in [0.2, 0.25) is 0 Å². The fraction of sp³-hybridized carbons (Fsp3) is 0.172. The molecule has 1 amide bonds. The van der Waals surface area contributed by atoms with Crippen molar-refractivity contribution >= 4 is 27.8 Å². The molecule has 37 heavy (non-hydrogen) atoms. The van der Waals surface area contributed by atoms with Crippen molar-refractivity contribution in [1.82, 2.24) is 10.3 Å². The SMILES string of the molecule is O=C(CC(c1cc2c(cc1O)OCO2)c1coc2ccccc2c1=O)NCCc1c[nH]c2ccccc12. The number of aromatic nitrogens is 1. The number of ether oxygens (including phenoxy) is 2. The highest BCUT2D eigenvalue weighted by Crippen LogP contribution is 2.42. The molecular formula is C29H24N2O6. The van der Waals surface area contributed by atoms with E-state index < -0.39 is 5.92 Å². The molecule has 0 fully saturated rings. The van der Waals surface area contributed by atoms with Gasteiger partial charge in [0.05, 0.1) is 11.6 Å². The van der Waals surface area contributed by atoms with E-state index >= 15 is 0 Å². The van der Waals surface area contributed by atoms with Crippen molar-refractivity contribution in [2.45, 2.75) is 18.8 Å². The summed E-state index contributed by atoms with van der Waals surface area (Å²) in [6.45, 7) is 0.460. The van der Waals surface area contributed by atoms with E-state index in [9.17, 15) is 14.7 Å². The molecule has 0 radical (unpaired) electrons. The molecule has 0 bridgehead atoms. The first-order valence-electron chi connectivity index (χ1n) is 12.0. The van der Waals surface area contributed by atoms with E-state index in [0.717, 1.165) is 16.5 Å². The van der Waals surface area contributed by atoms with Gasteiger partial charge in [0.2, 0.25) is 12.7 Å². The van der Waals surface area contributed by atoms with Crippen molar-refractivity contribution in [3.05, 3.63) is 100 Å². The molecule has 186 valence electrons. The quantitative estimate of drug-likeness (QED) is 0.304. The lowest BCUT2D eigenvalue weighted by Gasteiger charge is -2.19. The second-order valence-corrected chi connectivity index (χ2v) is 9.00. The van der Waals surface area contributed by atoms with Crippen LogP contribution in [0.1, 0.15) is 29.0 Å². The lowest BCUT2D eigenvalue weighted by molar-refractivity contribution is -0.121. The number of fused-ring (bicyclic) bond motifs is 3. The third-order valence-corrected chi connectivity index (χ3v) is 6.76. The Morgan fingerprint density at radius 3 is 2.62 bits per heavy atom. The van der Waals surface area contributed by atoms with Crippen molar-refractivity contribution < 1.29 is 23.8 Å². The van der Waals surface area contributed by atoms with Gasteiger partial charge < -0.3 is 29.3 Å². The van der Waals surface area contributed by atoms with Gasteiger partial charge in [-0.1, -0.05) is 30.3 Å². The summed E-state index contributed by atoms with van der Waals surface area (Å²) in [5.41, 5.74) is 3.02. The first kappa shape index (κ1) is 22.7. The molecule has 2 aromatic heterocycles. The summed E-state index contributed by atoms with van der Waals surface area (Å²) in [6, 6.07) is 18.0. The highest BCUT2D eigenvalue weighted by molar-refractivity contribution is 5.83. The van der Waals surface area contributed by atoms with E-state index in [4.69, 9.17) is 13.9 Å². The van der Waals surface area contributed by atoms with E-state index in [1.807, 2.05) is 30.5 Å². The van der Waals surface area contributed by atoms with E-state index in [1.54, 1.807) is 30.3 Å². The Kier molecular flexibility index (Phi) is 5.76. The van der Waals surface area contributed by atoms with Crippen LogP contribution in [0, 0.1) is 0 Å². The zero-order chi connectivity index (χ0) is 25.4. The van der Waals surface area contributed by atoms with Crippen LogP contribution in [0.25, 0.3) is 21.9 Å². The molecule has 6 rings (SSSR count). The van der Waals surface area contributed by atoms with Crippen LogP contribution in [0.15, 0.2) is 82.3 Å². The number of nitrogens with one attached hydrogen (secondary N) is 2. The van der Waals surface area contributed by atoms with Crippen molar-refractivity contribution in [3.8, 4) is 17.2 Å². The number of phenolic OH excluding ortho intramolecular Hbond substituents is 1. The zero-order valence-corrected chi connectivity index (χ0v) is 19.8. The third kappa shape index (κ3) is 4.27. The summed E-state index contributed by atoms with van der Waals surface area (Å²) in [5, 5.41) is 15.3. The molecule has 0 spiro atoms. The van der Waals surface area contributed by atoms with Crippen molar-refractivity contribution in [2.24, 2.45) is 0 Å². The van der Waals surface area contributed by atoms with Gasteiger partial charge >= 0.3 is 0 Å². The Balaban J connectivity index is 1.29. The van der Waals surface area contributed by atoms with E-state index in [-0.39, 0.29) is 35.9 Å². The lowest BCUT2D eigenvalue weighted by atomic mass is 9.87. The fourth-order valence-electron chi connectivity index (χ4n) is 4.88. The number of phenols is 1. The minimum absolute atomic E-state index is 0.0370. The number of amides is 1. The van der Waals surface area contributed by atoms with Gasteiger partial charge in [0.25, 0.3) is 0 Å². The first-order chi connectivity index (χ1) is 18.1. The van der Waals surface area contributed by atoms with Gasteiger partial charge in [0, 0.05) is 53.2 Å². The maximum absolute atomic E-state index is 13.4. The Hall–Kier alpha value is -4.72. The zero-order valence-electron chi connectivity index (χ0n) is 19.8. The molecule has 1 aliphatic heterocycles. The summed E-state index contributed by atoms with van der Waals surface area (Å²) in [6.07, 6.45) is 3.90. The number of rotatable bonds is 7. The molecule has 1 atom stereocenters. The number of carbonyl (C=O) groups excluding carboxylic acids is 1. The van der Waals surface area contributed by atoms with E-state index in [2.05, 4.69) is 10.3 Å². The summed E-state index contributed by atoms with van der Waals surface area (Å²) in [7, 11) is 0. The minimum atomic E-state index is -0.761. The standard InChI is InChI=1S/C29H24N2O6/c32-24-13-27-26(36-16-37-27)11-21(24)20(22-15-35-25-8-4-2-6-19(25)29(22)34)12-28(33)30-10-9-17-14-31-23-7-3-1-5-18(17)23/h1-8,11,13-15,20,31-32H,9-10,12,16H2,(H,30,33). The second-order valence-electron chi connectivity index (χ2n) is 9.00. The van der Waals surface area contributed by atoms with Crippen LogP contribution < -0.4 is 20.2 Å². The maximum Gasteiger partial charge on any atom is 0.231 e. The van der Waals surface area contributed by atoms with Crippen LogP contribution in [-0.2, 0) is 11.2 Å². The Bertz CT molecular complexity index is 1690. The van der Waals surface area contributed by atoms with Gasteiger partial charge in [0.15, 0.2) is 16.9 Å². The summed E-state index contributed by atoms with van der Waals surface area (Å²) < 4.78 is 16.6. The molecule has 8 nitrogen and oxygen atoms in total. The number of hydrogen-bond acceptors (Lipinski definition) is 6.